The Bertz CT molecular complexity index is 535. The molecule has 1 aliphatic heterocycles. The standard InChI is InChI=1S/C19H30N2O3/c1-5-21(6-2)19(22)16-9-11-20(12-10-16)14-15-7-8-17(23-3)18(13-15)24-4/h7-8,13,16H,5-6,9-12,14H2,1-4H3. The second kappa shape index (κ2) is 8.92. The molecule has 1 aromatic rings. The fourth-order valence-electron chi connectivity index (χ4n) is 3.37. The fourth-order valence-corrected chi connectivity index (χ4v) is 3.37. The van der Waals surface area contributed by atoms with Crippen molar-refractivity contribution in [1.29, 1.82) is 0 Å². The van der Waals surface area contributed by atoms with E-state index >= 15 is 0 Å². The zero-order valence-electron chi connectivity index (χ0n) is 15.4. The maximum Gasteiger partial charge on any atom is 0.225 e. The molecule has 1 saturated heterocycles. The van der Waals surface area contributed by atoms with E-state index in [9.17, 15) is 4.79 Å². The molecule has 0 bridgehead atoms. The van der Waals surface area contributed by atoms with Crippen molar-refractivity contribution in [2.24, 2.45) is 5.92 Å². The maximum atomic E-state index is 12.5. The number of likely N-dealkylation sites (tertiary alicyclic amines) is 1. The van der Waals surface area contributed by atoms with E-state index in [1.54, 1.807) is 14.2 Å². The van der Waals surface area contributed by atoms with E-state index in [1.165, 1.54) is 5.56 Å². The highest BCUT2D eigenvalue weighted by atomic mass is 16.5. The molecule has 0 spiro atoms. The average Bonchev–Trinajstić information content (AvgIpc) is 2.63. The van der Waals surface area contributed by atoms with E-state index in [1.807, 2.05) is 30.9 Å². The normalized spacial score (nSPS) is 16.0. The molecule has 0 aliphatic carbocycles. The topological polar surface area (TPSA) is 42.0 Å². The van der Waals surface area contributed by atoms with Crippen molar-refractivity contribution in [2.75, 3.05) is 40.4 Å². The summed E-state index contributed by atoms with van der Waals surface area (Å²) in [5, 5.41) is 0. The van der Waals surface area contributed by atoms with Gasteiger partial charge in [-0.2, -0.15) is 0 Å². The van der Waals surface area contributed by atoms with Crippen LogP contribution in [0.5, 0.6) is 11.5 Å². The van der Waals surface area contributed by atoms with Crippen LogP contribution in [0.2, 0.25) is 0 Å². The molecule has 24 heavy (non-hydrogen) atoms. The van der Waals surface area contributed by atoms with E-state index in [0.29, 0.717) is 5.91 Å². The SMILES string of the molecule is CCN(CC)C(=O)C1CCN(Cc2ccc(OC)c(OC)c2)CC1. The smallest absolute Gasteiger partial charge is 0.225 e. The molecule has 134 valence electrons. The molecule has 1 heterocycles. The van der Waals surface area contributed by atoms with Crippen LogP contribution in [-0.4, -0.2) is 56.1 Å². The van der Waals surface area contributed by atoms with Crippen molar-refractivity contribution < 1.29 is 14.3 Å². The Balaban J connectivity index is 1.90. The molecule has 1 amide bonds. The molecule has 0 saturated carbocycles. The number of piperidine rings is 1. The number of methoxy groups -OCH3 is 2. The van der Waals surface area contributed by atoms with Crippen LogP contribution >= 0.6 is 0 Å². The first-order valence-electron chi connectivity index (χ1n) is 8.84. The lowest BCUT2D eigenvalue weighted by Gasteiger charge is -2.33. The second-order valence-electron chi connectivity index (χ2n) is 6.25. The van der Waals surface area contributed by atoms with Gasteiger partial charge in [0.1, 0.15) is 0 Å². The van der Waals surface area contributed by atoms with Crippen molar-refractivity contribution in [3.63, 3.8) is 0 Å². The molecule has 0 radical (unpaired) electrons. The van der Waals surface area contributed by atoms with Crippen molar-refractivity contribution in [3.8, 4) is 11.5 Å². The molecular weight excluding hydrogens is 304 g/mol. The quantitative estimate of drug-likeness (QED) is 0.769. The Morgan fingerprint density at radius 3 is 2.29 bits per heavy atom. The number of benzene rings is 1. The minimum Gasteiger partial charge on any atom is -0.493 e. The Morgan fingerprint density at radius 1 is 1.12 bits per heavy atom. The molecule has 2 rings (SSSR count). The van der Waals surface area contributed by atoms with E-state index in [2.05, 4.69) is 11.0 Å². The lowest BCUT2D eigenvalue weighted by molar-refractivity contribution is -0.136. The van der Waals surface area contributed by atoms with Crippen molar-refractivity contribution in [1.82, 2.24) is 9.80 Å². The van der Waals surface area contributed by atoms with Crippen LogP contribution in [0.1, 0.15) is 32.3 Å². The molecule has 1 aromatic carbocycles. The van der Waals surface area contributed by atoms with E-state index in [-0.39, 0.29) is 5.92 Å². The van der Waals surface area contributed by atoms with Gasteiger partial charge < -0.3 is 14.4 Å². The van der Waals surface area contributed by atoms with Crippen molar-refractivity contribution >= 4 is 5.91 Å². The summed E-state index contributed by atoms with van der Waals surface area (Å²) < 4.78 is 10.7. The van der Waals surface area contributed by atoms with Gasteiger partial charge in [0, 0.05) is 25.6 Å². The zero-order valence-corrected chi connectivity index (χ0v) is 15.4. The first-order valence-corrected chi connectivity index (χ1v) is 8.84. The van der Waals surface area contributed by atoms with Gasteiger partial charge in [0.25, 0.3) is 0 Å². The Labute approximate surface area is 145 Å². The number of nitrogens with zero attached hydrogens (tertiary/aromatic N) is 2. The van der Waals surface area contributed by atoms with Gasteiger partial charge in [0.2, 0.25) is 5.91 Å². The Morgan fingerprint density at radius 2 is 1.75 bits per heavy atom. The first-order chi connectivity index (χ1) is 11.6. The predicted molar refractivity (Wildman–Crippen MR) is 95.5 cm³/mol. The third kappa shape index (κ3) is 4.41. The van der Waals surface area contributed by atoms with Crippen LogP contribution in [0.25, 0.3) is 0 Å². The van der Waals surface area contributed by atoms with Crippen molar-refractivity contribution in [3.05, 3.63) is 23.8 Å². The number of ether oxygens (including phenoxy) is 2. The first kappa shape index (κ1) is 18.6. The summed E-state index contributed by atoms with van der Waals surface area (Å²) in [5.74, 6) is 2.03. The van der Waals surface area contributed by atoms with Crippen LogP contribution in [0.15, 0.2) is 18.2 Å². The lowest BCUT2D eigenvalue weighted by Crippen LogP contribution is -2.42. The van der Waals surface area contributed by atoms with Crippen LogP contribution in [-0.2, 0) is 11.3 Å². The molecule has 0 atom stereocenters. The summed E-state index contributed by atoms with van der Waals surface area (Å²) >= 11 is 0. The predicted octanol–water partition coefficient (Wildman–Crippen LogP) is 2.78. The number of carbonyl (C=O) groups is 1. The van der Waals surface area contributed by atoms with Gasteiger partial charge in [-0.25, -0.2) is 0 Å². The zero-order chi connectivity index (χ0) is 17.5. The highest BCUT2D eigenvalue weighted by Gasteiger charge is 2.27. The number of hydrogen-bond acceptors (Lipinski definition) is 4. The van der Waals surface area contributed by atoms with E-state index < -0.39 is 0 Å². The van der Waals surface area contributed by atoms with Crippen LogP contribution in [0, 0.1) is 5.92 Å². The minimum atomic E-state index is 0.187. The summed E-state index contributed by atoms with van der Waals surface area (Å²) in [6.45, 7) is 8.52. The van der Waals surface area contributed by atoms with Gasteiger partial charge >= 0.3 is 0 Å². The third-order valence-electron chi connectivity index (χ3n) is 4.87. The molecular formula is C19H30N2O3. The molecule has 5 heteroatoms. The molecule has 0 N–H and O–H groups in total. The minimum absolute atomic E-state index is 0.187. The van der Waals surface area contributed by atoms with Gasteiger partial charge in [-0.3, -0.25) is 9.69 Å². The molecule has 0 aromatic heterocycles. The van der Waals surface area contributed by atoms with E-state index in [0.717, 1.165) is 57.1 Å². The number of hydrogen-bond donors (Lipinski definition) is 0. The second-order valence-corrected chi connectivity index (χ2v) is 6.25. The maximum absolute atomic E-state index is 12.5. The summed E-state index contributed by atoms with van der Waals surface area (Å²) in [4.78, 5) is 16.8. The summed E-state index contributed by atoms with van der Waals surface area (Å²) in [7, 11) is 3.31. The van der Waals surface area contributed by atoms with Crippen molar-refractivity contribution in [2.45, 2.75) is 33.2 Å². The van der Waals surface area contributed by atoms with Gasteiger partial charge in [0.05, 0.1) is 14.2 Å². The van der Waals surface area contributed by atoms with Gasteiger partial charge in [0.15, 0.2) is 11.5 Å². The fraction of sp³-hybridized carbons (Fsp3) is 0.632. The third-order valence-corrected chi connectivity index (χ3v) is 4.87. The summed E-state index contributed by atoms with van der Waals surface area (Å²) in [5.41, 5.74) is 1.21. The number of amides is 1. The summed E-state index contributed by atoms with van der Waals surface area (Å²) in [6, 6.07) is 6.06. The Hall–Kier alpha value is -1.75. The largest absolute Gasteiger partial charge is 0.493 e. The molecule has 5 nitrogen and oxygen atoms in total. The van der Waals surface area contributed by atoms with Gasteiger partial charge in [-0.1, -0.05) is 6.07 Å². The summed E-state index contributed by atoms with van der Waals surface area (Å²) in [6.07, 6.45) is 1.89. The van der Waals surface area contributed by atoms with Gasteiger partial charge in [-0.15, -0.1) is 0 Å². The lowest BCUT2D eigenvalue weighted by atomic mass is 9.95. The monoisotopic (exact) mass is 334 g/mol. The van der Waals surface area contributed by atoms with Gasteiger partial charge in [-0.05, 0) is 57.5 Å². The number of rotatable bonds is 7. The highest BCUT2D eigenvalue weighted by molar-refractivity contribution is 5.78. The molecule has 0 unspecified atom stereocenters. The van der Waals surface area contributed by atoms with E-state index in [4.69, 9.17) is 9.47 Å². The van der Waals surface area contributed by atoms with Crippen LogP contribution in [0.4, 0.5) is 0 Å². The van der Waals surface area contributed by atoms with Crippen LogP contribution < -0.4 is 9.47 Å². The molecule has 1 fully saturated rings. The highest BCUT2D eigenvalue weighted by Crippen LogP contribution is 2.29. The average molecular weight is 334 g/mol. The Kier molecular flexibility index (Phi) is 6.91. The molecule has 1 aliphatic rings. The number of carbonyl (C=O) groups excluding carboxylic acids is 1. The van der Waals surface area contributed by atoms with Crippen LogP contribution in [0.3, 0.4) is 0 Å².